The van der Waals surface area contributed by atoms with Crippen LogP contribution in [0.5, 0.6) is 11.5 Å². The van der Waals surface area contributed by atoms with Crippen molar-refractivity contribution >= 4 is 27.7 Å². The fourth-order valence-electron chi connectivity index (χ4n) is 3.45. The van der Waals surface area contributed by atoms with Crippen molar-refractivity contribution in [1.82, 2.24) is 9.88 Å². The molecule has 0 aliphatic carbocycles. The van der Waals surface area contributed by atoms with Crippen molar-refractivity contribution in [3.63, 3.8) is 0 Å². The number of carbonyl (C=O) groups excluding carboxylic acids is 1. The largest absolute Gasteiger partial charge is 0.514 e. The van der Waals surface area contributed by atoms with Crippen molar-refractivity contribution in [3.8, 4) is 17.6 Å². The van der Waals surface area contributed by atoms with Gasteiger partial charge >= 0.3 is 6.16 Å². The third-order valence-corrected chi connectivity index (χ3v) is 6.50. The predicted molar refractivity (Wildman–Crippen MR) is 135 cm³/mol. The lowest BCUT2D eigenvalue weighted by Gasteiger charge is -2.30. The maximum Gasteiger partial charge on any atom is 0.514 e. The molecule has 4 aromatic rings. The third-order valence-electron chi connectivity index (χ3n) is 5.58. The molecular weight excluding hydrogens is 462 g/mol. The first-order valence-corrected chi connectivity index (χ1v) is 11.9. The summed E-state index contributed by atoms with van der Waals surface area (Å²) in [5.74, 6) is 1.06. The molecule has 2 atom stereocenters. The normalized spacial score (nSPS) is 12.7. The summed E-state index contributed by atoms with van der Waals surface area (Å²) in [5.41, 5.74) is 2.59. The molecule has 4 rings (SSSR count). The van der Waals surface area contributed by atoms with Gasteiger partial charge in [0.1, 0.15) is 30.3 Å². The molecule has 7 nitrogen and oxygen atoms in total. The van der Waals surface area contributed by atoms with Crippen LogP contribution in [0.3, 0.4) is 0 Å². The average molecular weight is 488 g/mol. The van der Waals surface area contributed by atoms with Gasteiger partial charge in [0.15, 0.2) is 5.01 Å². The van der Waals surface area contributed by atoms with Crippen molar-refractivity contribution in [2.45, 2.75) is 25.7 Å². The highest BCUT2D eigenvalue weighted by Crippen LogP contribution is 2.28. The first-order chi connectivity index (χ1) is 16.9. The topological polar surface area (TPSA) is 84.7 Å². The highest BCUT2D eigenvalue weighted by atomic mass is 32.1. The first-order valence-electron chi connectivity index (χ1n) is 11.0. The van der Waals surface area contributed by atoms with Crippen LogP contribution in [-0.4, -0.2) is 36.2 Å². The Morgan fingerprint density at radius 2 is 1.77 bits per heavy atom. The minimum atomic E-state index is -0.807. The first kappa shape index (κ1) is 24.2. The second-order valence-electron chi connectivity index (χ2n) is 8.20. The molecule has 35 heavy (non-hydrogen) atoms. The van der Waals surface area contributed by atoms with E-state index in [4.69, 9.17) is 19.5 Å². The zero-order valence-electron chi connectivity index (χ0n) is 19.7. The van der Waals surface area contributed by atoms with Crippen molar-refractivity contribution < 1.29 is 19.0 Å². The molecule has 0 bridgehead atoms. The highest BCUT2D eigenvalue weighted by molar-refractivity contribution is 7.19. The van der Waals surface area contributed by atoms with Crippen LogP contribution in [0.2, 0.25) is 0 Å². The number of hydrogen-bond donors (Lipinski definition) is 0. The van der Waals surface area contributed by atoms with Crippen LogP contribution >= 0.6 is 11.3 Å². The Bertz CT molecular complexity index is 1330. The lowest BCUT2D eigenvalue weighted by molar-refractivity contribution is 0.0927. The van der Waals surface area contributed by atoms with Crippen molar-refractivity contribution in [2.24, 2.45) is 0 Å². The summed E-state index contributed by atoms with van der Waals surface area (Å²) in [4.78, 5) is 18.4. The van der Waals surface area contributed by atoms with Crippen molar-refractivity contribution in [1.29, 1.82) is 5.26 Å². The number of rotatable bonds is 8. The fourth-order valence-corrected chi connectivity index (χ4v) is 4.24. The molecule has 0 aliphatic rings. The van der Waals surface area contributed by atoms with Crippen LogP contribution in [0.4, 0.5) is 4.79 Å². The van der Waals surface area contributed by atoms with E-state index in [0.717, 1.165) is 21.6 Å². The molecule has 0 aliphatic heterocycles. The van der Waals surface area contributed by atoms with Gasteiger partial charge in [0.05, 0.1) is 10.2 Å². The Kier molecular flexibility index (Phi) is 7.60. The molecule has 178 valence electrons. The van der Waals surface area contributed by atoms with Gasteiger partial charge < -0.3 is 19.1 Å². The number of ether oxygens (including phenoxy) is 3. The summed E-state index contributed by atoms with van der Waals surface area (Å²) in [6.07, 6.45) is -0.943. The predicted octanol–water partition coefficient (Wildman–Crippen LogP) is 5.95. The van der Waals surface area contributed by atoms with Gasteiger partial charge in [0.2, 0.25) is 0 Å². The summed E-state index contributed by atoms with van der Waals surface area (Å²) in [6.45, 7) is 2.19. The van der Waals surface area contributed by atoms with E-state index in [0.29, 0.717) is 16.3 Å². The third kappa shape index (κ3) is 6.15. The Balaban J connectivity index is 1.34. The summed E-state index contributed by atoms with van der Waals surface area (Å²) >= 11 is 1.24. The number of thiazole rings is 1. The number of benzene rings is 3. The molecule has 0 fully saturated rings. The standard InChI is InChI=1S/C27H25N3O4S/c1-18(30(2)3)26(20-7-5-4-6-8-20)33-21-11-9-19(10-12-21)17-32-27(31)34-22-13-14-23-24(15-22)35-25(16-28)29-23/h4-15,18,26H,17H2,1-3H3. The van der Waals surface area contributed by atoms with E-state index in [1.54, 1.807) is 18.2 Å². The molecule has 1 heterocycles. The Labute approximate surface area is 208 Å². The smallest absolute Gasteiger partial charge is 0.484 e. The van der Waals surface area contributed by atoms with Crippen LogP contribution in [0.15, 0.2) is 72.8 Å². The minimum absolute atomic E-state index is 0.0662. The molecule has 0 amide bonds. The number of likely N-dealkylation sites (N-methyl/N-ethyl adjacent to an activating group) is 1. The van der Waals surface area contributed by atoms with E-state index >= 15 is 0 Å². The van der Waals surface area contributed by atoms with Gasteiger partial charge in [-0.1, -0.05) is 42.5 Å². The van der Waals surface area contributed by atoms with E-state index < -0.39 is 6.16 Å². The summed E-state index contributed by atoms with van der Waals surface area (Å²) in [6, 6.07) is 24.7. The summed E-state index contributed by atoms with van der Waals surface area (Å²) < 4.78 is 17.6. The minimum Gasteiger partial charge on any atom is -0.484 e. The number of nitrogens with zero attached hydrogens (tertiary/aromatic N) is 3. The fraction of sp³-hybridized carbons (Fsp3) is 0.222. The number of fused-ring (bicyclic) bond motifs is 1. The zero-order chi connectivity index (χ0) is 24.8. The van der Waals surface area contributed by atoms with Crippen LogP contribution in [0.25, 0.3) is 10.2 Å². The summed E-state index contributed by atoms with van der Waals surface area (Å²) in [5, 5.41) is 9.33. The molecule has 1 aromatic heterocycles. The number of nitriles is 1. The van der Waals surface area contributed by atoms with Crippen LogP contribution in [0.1, 0.15) is 29.2 Å². The number of aromatic nitrogens is 1. The van der Waals surface area contributed by atoms with Gasteiger partial charge in [0.25, 0.3) is 0 Å². The van der Waals surface area contributed by atoms with E-state index in [2.05, 4.69) is 28.9 Å². The quantitative estimate of drug-likeness (QED) is 0.224. The van der Waals surface area contributed by atoms with Gasteiger partial charge in [-0.3, -0.25) is 0 Å². The second-order valence-corrected chi connectivity index (χ2v) is 9.23. The molecule has 0 N–H and O–H groups in total. The van der Waals surface area contributed by atoms with Gasteiger partial charge in [0, 0.05) is 12.1 Å². The zero-order valence-corrected chi connectivity index (χ0v) is 20.5. The maximum absolute atomic E-state index is 12.2. The lowest BCUT2D eigenvalue weighted by Crippen LogP contribution is -2.34. The second kappa shape index (κ2) is 11.0. The van der Waals surface area contributed by atoms with Crippen molar-refractivity contribution in [2.75, 3.05) is 14.1 Å². The van der Waals surface area contributed by atoms with Gasteiger partial charge in [-0.2, -0.15) is 5.26 Å². The number of hydrogen-bond acceptors (Lipinski definition) is 8. The van der Waals surface area contributed by atoms with Crippen LogP contribution in [0, 0.1) is 11.3 Å². The molecule has 0 radical (unpaired) electrons. The van der Waals surface area contributed by atoms with E-state index in [9.17, 15) is 4.79 Å². The maximum atomic E-state index is 12.2. The molecule has 8 heteroatoms. The van der Waals surface area contributed by atoms with Gasteiger partial charge in [-0.15, -0.1) is 11.3 Å². The van der Waals surface area contributed by atoms with E-state index in [-0.39, 0.29) is 18.8 Å². The SMILES string of the molecule is CC(C(Oc1ccc(COC(=O)Oc2ccc3nc(C#N)sc3c2)cc1)c1ccccc1)N(C)C. The Morgan fingerprint density at radius 1 is 1.06 bits per heavy atom. The molecule has 0 saturated carbocycles. The Hall–Kier alpha value is -3.93. The van der Waals surface area contributed by atoms with Gasteiger partial charge in [-0.25, -0.2) is 9.78 Å². The monoisotopic (exact) mass is 487 g/mol. The molecular formula is C27H25N3O4S. The number of carbonyl (C=O) groups is 1. The van der Waals surface area contributed by atoms with Crippen molar-refractivity contribution in [3.05, 3.63) is 88.9 Å². The Morgan fingerprint density at radius 3 is 2.46 bits per heavy atom. The molecule has 0 spiro atoms. The van der Waals surface area contributed by atoms with Gasteiger partial charge in [-0.05, 0) is 56.4 Å². The molecule has 2 unspecified atom stereocenters. The van der Waals surface area contributed by atoms with E-state index in [1.807, 2.05) is 62.6 Å². The molecule has 3 aromatic carbocycles. The van der Waals surface area contributed by atoms with E-state index in [1.165, 1.54) is 11.3 Å². The molecule has 0 saturated heterocycles. The summed E-state index contributed by atoms with van der Waals surface area (Å²) in [7, 11) is 4.06. The highest BCUT2D eigenvalue weighted by Gasteiger charge is 2.23. The average Bonchev–Trinajstić information content (AvgIpc) is 3.29. The lowest BCUT2D eigenvalue weighted by atomic mass is 10.0. The van der Waals surface area contributed by atoms with Crippen LogP contribution < -0.4 is 9.47 Å². The van der Waals surface area contributed by atoms with Crippen LogP contribution in [-0.2, 0) is 11.3 Å².